The molecular formula is C9H13NO2S. The van der Waals surface area contributed by atoms with Gasteiger partial charge in [-0.2, -0.15) is 0 Å². The molecule has 3 nitrogen and oxygen atoms in total. The quantitative estimate of drug-likeness (QED) is 0.756. The number of thiophene rings is 1. The molecule has 0 saturated carbocycles. The fourth-order valence-electron chi connectivity index (χ4n) is 0.873. The summed E-state index contributed by atoms with van der Waals surface area (Å²) in [6, 6.07) is 1.87. The van der Waals surface area contributed by atoms with Crippen LogP contribution >= 0.6 is 11.3 Å². The molecule has 0 fully saturated rings. The molecule has 1 aromatic heterocycles. The minimum absolute atomic E-state index is 0.164. The molecule has 0 aromatic carbocycles. The Morgan fingerprint density at radius 2 is 2.31 bits per heavy atom. The van der Waals surface area contributed by atoms with Gasteiger partial charge in [0.05, 0.1) is 11.5 Å². The second-order valence-corrected chi connectivity index (χ2v) is 3.97. The molecule has 0 radical (unpaired) electrons. The number of carbonyl (C=O) groups is 1. The van der Waals surface area contributed by atoms with Crippen LogP contribution in [-0.4, -0.2) is 12.5 Å². The SMILES string of the molecule is CCONC(=O)c1cc(C)c(C)s1. The number of rotatable bonds is 3. The Labute approximate surface area is 81.7 Å². The second kappa shape index (κ2) is 4.39. The second-order valence-electron chi connectivity index (χ2n) is 2.71. The molecule has 0 aliphatic heterocycles. The third-order valence-corrected chi connectivity index (χ3v) is 2.85. The topological polar surface area (TPSA) is 38.3 Å². The first-order valence-electron chi connectivity index (χ1n) is 4.14. The van der Waals surface area contributed by atoms with Crippen molar-refractivity contribution < 1.29 is 9.63 Å². The lowest BCUT2D eigenvalue weighted by Gasteiger charge is -1.99. The molecule has 13 heavy (non-hydrogen) atoms. The minimum Gasteiger partial charge on any atom is -0.274 e. The standard InChI is InChI=1S/C9H13NO2S/c1-4-12-10-9(11)8-5-6(2)7(3)13-8/h5H,4H2,1-3H3,(H,10,11). The summed E-state index contributed by atoms with van der Waals surface area (Å²) < 4.78 is 0. The maximum absolute atomic E-state index is 11.3. The van der Waals surface area contributed by atoms with Crippen LogP contribution in [0.15, 0.2) is 6.07 Å². The Kier molecular flexibility index (Phi) is 3.45. The van der Waals surface area contributed by atoms with E-state index in [9.17, 15) is 4.79 Å². The summed E-state index contributed by atoms with van der Waals surface area (Å²) >= 11 is 1.48. The third-order valence-electron chi connectivity index (χ3n) is 1.70. The van der Waals surface area contributed by atoms with Crippen molar-refractivity contribution >= 4 is 17.2 Å². The predicted molar refractivity (Wildman–Crippen MR) is 52.9 cm³/mol. The highest BCUT2D eigenvalue weighted by Gasteiger charge is 2.09. The summed E-state index contributed by atoms with van der Waals surface area (Å²) in [7, 11) is 0. The van der Waals surface area contributed by atoms with Gasteiger partial charge >= 0.3 is 0 Å². The Bertz CT molecular complexity index is 287. The van der Waals surface area contributed by atoms with Crippen molar-refractivity contribution in [2.24, 2.45) is 0 Å². The summed E-state index contributed by atoms with van der Waals surface area (Å²) in [6.45, 7) is 6.29. The van der Waals surface area contributed by atoms with Crippen LogP contribution in [0.3, 0.4) is 0 Å². The molecule has 4 heteroatoms. The highest BCUT2D eigenvalue weighted by Crippen LogP contribution is 2.20. The van der Waals surface area contributed by atoms with E-state index in [-0.39, 0.29) is 5.91 Å². The minimum atomic E-state index is -0.164. The van der Waals surface area contributed by atoms with Crippen LogP contribution in [-0.2, 0) is 4.84 Å². The zero-order valence-corrected chi connectivity index (χ0v) is 8.83. The van der Waals surface area contributed by atoms with Crippen LogP contribution in [0.5, 0.6) is 0 Å². The van der Waals surface area contributed by atoms with E-state index in [4.69, 9.17) is 4.84 Å². The van der Waals surface area contributed by atoms with Crippen LogP contribution in [0.25, 0.3) is 0 Å². The van der Waals surface area contributed by atoms with Crippen molar-refractivity contribution in [1.82, 2.24) is 5.48 Å². The van der Waals surface area contributed by atoms with Crippen molar-refractivity contribution in [2.75, 3.05) is 6.61 Å². The summed E-state index contributed by atoms with van der Waals surface area (Å²) in [6.07, 6.45) is 0. The van der Waals surface area contributed by atoms with Crippen molar-refractivity contribution in [1.29, 1.82) is 0 Å². The Morgan fingerprint density at radius 3 is 2.77 bits per heavy atom. The van der Waals surface area contributed by atoms with Crippen LogP contribution in [0.2, 0.25) is 0 Å². The van der Waals surface area contributed by atoms with Crippen LogP contribution < -0.4 is 5.48 Å². The zero-order valence-electron chi connectivity index (χ0n) is 8.01. The van der Waals surface area contributed by atoms with E-state index >= 15 is 0 Å². The molecule has 1 aromatic rings. The van der Waals surface area contributed by atoms with Gasteiger partial charge in [-0.25, -0.2) is 5.48 Å². The molecule has 0 unspecified atom stereocenters. The summed E-state index contributed by atoms with van der Waals surface area (Å²) in [5, 5.41) is 0. The van der Waals surface area contributed by atoms with E-state index in [1.165, 1.54) is 16.2 Å². The zero-order chi connectivity index (χ0) is 9.84. The van der Waals surface area contributed by atoms with Gasteiger partial charge in [0, 0.05) is 4.88 Å². The molecule has 1 heterocycles. The van der Waals surface area contributed by atoms with E-state index in [1.807, 2.05) is 26.8 Å². The average molecular weight is 199 g/mol. The van der Waals surface area contributed by atoms with E-state index in [1.54, 1.807) is 0 Å². The fraction of sp³-hybridized carbons (Fsp3) is 0.444. The Balaban J connectivity index is 2.66. The monoisotopic (exact) mass is 199 g/mol. The lowest BCUT2D eigenvalue weighted by atomic mass is 10.3. The Hall–Kier alpha value is -0.870. The molecule has 1 N–H and O–H groups in total. The fourth-order valence-corrected chi connectivity index (χ4v) is 1.79. The number of nitrogens with one attached hydrogen (secondary N) is 1. The molecule has 0 aliphatic carbocycles. The molecule has 0 bridgehead atoms. The van der Waals surface area contributed by atoms with Crippen LogP contribution in [0.4, 0.5) is 0 Å². The number of hydrogen-bond acceptors (Lipinski definition) is 3. The van der Waals surface area contributed by atoms with Crippen LogP contribution in [0.1, 0.15) is 27.0 Å². The molecule has 0 saturated heterocycles. The molecule has 0 aliphatic rings. The number of amides is 1. The maximum Gasteiger partial charge on any atom is 0.284 e. The van der Waals surface area contributed by atoms with Gasteiger partial charge < -0.3 is 0 Å². The number of hydrogen-bond donors (Lipinski definition) is 1. The van der Waals surface area contributed by atoms with E-state index in [2.05, 4.69) is 5.48 Å². The third kappa shape index (κ3) is 2.54. The molecule has 1 amide bonds. The molecular weight excluding hydrogens is 186 g/mol. The lowest BCUT2D eigenvalue weighted by molar-refractivity contribution is 0.0368. The first kappa shape index (κ1) is 10.2. The predicted octanol–water partition coefficient (Wildman–Crippen LogP) is 2.05. The van der Waals surface area contributed by atoms with E-state index in [0.717, 1.165) is 5.56 Å². The highest BCUT2D eigenvalue weighted by atomic mass is 32.1. The first-order chi connectivity index (χ1) is 6.15. The average Bonchev–Trinajstić information content (AvgIpc) is 2.43. The Morgan fingerprint density at radius 1 is 1.62 bits per heavy atom. The van der Waals surface area contributed by atoms with Gasteiger partial charge in [-0.15, -0.1) is 11.3 Å². The van der Waals surface area contributed by atoms with Crippen LogP contribution in [0, 0.1) is 13.8 Å². The summed E-state index contributed by atoms with van der Waals surface area (Å²) in [5.74, 6) is -0.164. The largest absolute Gasteiger partial charge is 0.284 e. The van der Waals surface area contributed by atoms with Gasteiger partial charge in [0.25, 0.3) is 5.91 Å². The van der Waals surface area contributed by atoms with Crippen molar-refractivity contribution in [3.63, 3.8) is 0 Å². The van der Waals surface area contributed by atoms with Gasteiger partial charge in [-0.3, -0.25) is 9.63 Å². The lowest BCUT2D eigenvalue weighted by Crippen LogP contribution is -2.22. The molecule has 0 spiro atoms. The van der Waals surface area contributed by atoms with E-state index in [0.29, 0.717) is 11.5 Å². The highest BCUT2D eigenvalue weighted by molar-refractivity contribution is 7.14. The molecule has 0 atom stereocenters. The van der Waals surface area contributed by atoms with Gasteiger partial charge in [-0.1, -0.05) is 0 Å². The number of carbonyl (C=O) groups excluding carboxylic acids is 1. The first-order valence-corrected chi connectivity index (χ1v) is 4.96. The van der Waals surface area contributed by atoms with Gasteiger partial charge in [0.15, 0.2) is 0 Å². The smallest absolute Gasteiger partial charge is 0.274 e. The number of aryl methyl sites for hydroxylation is 2. The van der Waals surface area contributed by atoms with Crippen molar-refractivity contribution in [3.8, 4) is 0 Å². The number of hydroxylamine groups is 1. The maximum atomic E-state index is 11.3. The summed E-state index contributed by atoms with van der Waals surface area (Å²) in [4.78, 5) is 18.0. The molecule has 72 valence electrons. The van der Waals surface area contributed by atoms with Crippen molar-refractivity contribution in [3.05, 3.63) is 21.4 Å². The van der Waals surface area contributed by atoms with Gasteiger partial charge in [0.2, 0.25) is 0 Å². The van der Waals surface area contributed by atoms with Crippen molar-refractivity contribution in [2.45, 2.75) is 20.8 Å². The van der Waals surface area contributed by atoms with Gasteiger partial charge in [0.1, 0.15) is 0 Å². The van der Waals surface area contributed by atoms with Gasteiger partial charge in [-0.05, 0) is 32.4 Å². The normalized spacial score (nSPS) is 10.1. The molecule has 1 rings (SSSR count). The van der Waals surface area contributed by atoms with E-state index < -0.39 is 0 Å². The summed E-state index contributed by atoms with van der Waals surface area (Å²) in [5.41, 5.74) is 3.51.